The molecule has 1 atom stereocenters. The number of benzene rings is 1. The molecule has 3 aromatic rings. The lowest BCUT2D eigenvalue weighted by atomic mass is 10.3. The van der Waals surface area contributed by atoms with Gasteiger partial charge in [-0.15, -0.1) is 0 Å². The number of carbonyl (C=O) groups is 1. The van der Waals surface area contributed by atoms with Crippen LogP contribution in [0.15, 0.2) is 61.1 Å². The molecule has 0 saturated carbocycles. The minimum atomic E-state index is -0.811. The summed E-state index contributed by atoms with van der Waals surface area (Å²) in [5.74, 6) is 0.728. The third kappa shape index (κ3) is 5.34. The minimum Gasteiger partial charge on any atom is -0.485 e. The Hall–Kier alpha value is -2.83. The maximum absolute atomic E-state index is 12.5. The van der Waals surface area contributed by atoms with Gasteiger partial charge in [0.25, 0.3) is 5.91 Å². The van der Waals surface area contributed by atoms with Crippen LogP contribution in [0.3, 0.4) is 0 Å². The summed E-state index contributed by atoms with van der Waals surface area (Å²) in [6, 6.07) is 11.9. The predicted molar refractivity (Wildman–Crippen MR) is 108 cm³/mol. The predicted octanol–water partition coefficient (Wildman–Crippen LogP) is 4.77. The average molecular weight is 418 g/mol. The number of amides is 1. The normalized spacial score (nSPS) is 11.5. The number of pyridine rings is 2. The number of rotatable bonds is 7. The molecule has 1 amide bonds. The van der Waals surface area contributed by atoms with E-state index in [1.165, 1.54) is 0 Å². The molecule has 0 aliphatic heterocycles. The zero-order chi connectivity index (χ0) is 19.9. The van der Waals surface area contributed by atoms with E-state index in [1.54, 1.807) is 55.8 Å². The number of hydrogen-bond donors (Lipinski definition) is 1. The molecule has 0 fully saturated rings. The van der Waals surface area contributed by atoms with Crippen molar-refractivity contribution in [3.63, 3.8) is 0 Å². The van der Waals surface area contributed by atoms with Crippen molar-refractivity contribution in [1.82, 2.24) is 9.97 Å². The molecule has 0 saturated heterocycles. The zero-order valence-electron chi connectivity index (χ0n) is 14.9. The monoisotopic (exact) mass is 417 g/mol. The Morgan fingerprint density at radius 2 is 1.89 bits per heavy atom. The van der Waals surface area contributed by atoms with Gasteiger partial charge in [-0.25, -0.2) is 4.98 Å². The molecule has 144 valence electrons. The molecule has 0 spiro atoms. The van der Waals surface area contributed by atoms with Crippen molar-refractivity contribution < 1.29 is 14.3 Å². The van der Waals surface area contributed by atoms with Crippen LogP contribution in [0.25, 0.3) is 0 Å². The van der Waals surface area contributed by atoms with Crippen molar-refractivity contribution in [3.05, 3.63) is 76.7 Å². The van der Waals surface area contributed by atoms with Crippen LogP contribution < -0.4 is 14.8 Å². The number of anilines is 1. The SMILES string of the molecule is CC(Oc1ccc(Cl)cc1Cl)C(=O)Nc1ncccc1OCc1ccncc1. The van der Waals surface area contributed by atoms with Crippen LogP contribution in [-0.2, 0) is 11.4 Å². The molecule has 0 aliphatic carbocycles. The lowest BCUT2D eigenvalue weighted by molar-refractivity contribution is -0.122. The van der Waals surface area contributed by atoms with E-state index >= 15 is 0 Å². The molecule has 0 radical (unpaired) electrons. The Morgan fingerprint density at radius 3 is 2.64 bits per heavy atom. The molecule has 1 unspecified atom stereocenters. The second kappa shape index (κ2) is 9.39. The number of aromatic nitrogens is 2. The molecule has 2 heterocycles. The molecule has 28 heavy (non-hydrogen) atoms. The molecule has 0 bridgehead atoms. The number of halogens is 2. The summed E-state index contributed by atoms with van der Waals surface area (Å²) in [5.41, 5.74) is 0.949. The van der Waals surface area contributed by atoms with Gasteiger partial charge >= 0.3 is 0 Å². The Kier molecular flexibility index (Phi) is 6.68. The van der Waals surface area contributed by atoms with Crippen LogP contribution >= 0.6 is 23.2 Å². The van der Waals surface area contributed by atoms with E-state index in [2.05, 4.69) is 15.3 Å². The molecule has 1 aromatic carbocycles. The van der Waals surface area contributed by atoms with Gasteiger partial charge in [0.15, 0.2) is 17.7 Å². The largest absolute Gasteiger partial charge is 0.485 e. The molecule has 0 aliphatic rings. The summed E-state index contributed by atoms with van der Waals surface area (Å²) in [6.45, 7) is 1.93. The highest BCUT2D eigenvalue weighted by atomic mass is 35.5. The van der Waals surface area contributed by atoms with Crippen LogP contribution in [0.4, 0.5) is 5.82 Å². The Balaban J connectivity index is 1.64. The first-order valence-corrected chi connectivity index (χ1v) is 9.18. The number of carbonyl (C=O) groups excluding carboxylic acids is 1. The Bertz CT molecular complexity index is 954. The summed E-state index contributed by atoms with van der Waals surface area (Å²) < 4.78 is 11.4. The molecule has 6 nitrogen and oxygen atoms in total. The van der Waals surface area contributed by atoms with Crippen LogP contribution in [0, 0.1) is 0 Å². The van der Waals surface area contributed by atoms with E-state index in [4.69, 9.17) is 32.7 Å². The van der Waals surface area contributed by atoms with E-state index in [0.29, 0.717) is 34.0 Å². The van der Waals surface area contributed by atoms with Gasteiger partial charge in [-0.1, -0.05) is 23.2 Å². The van der Waals surface area contributed by atoms with E-state index in [0.717, 1.165) is 5.56 Å². The highest BCUT2D eigenvalue weighted by Crippen LogP contribution is 2.29. The molecule has 8 heteroatoms. The zero-order valence-corrected chi connectivity index (χ0v) is 16.4. The van der Waals surface area contributed by atoms with Crippen LogP contribution in [0.5, 0.6) is 11.5 Å². The standard InChI is InChI=1S/C20H17Cl2N3O3/c1-13(28-17-5-4-15(21)11-16(17)22)20(26)25-19-18(3-2-8-24-19)27-12-14-6-9-23-10-7-14/h2-11,13H,12H2,1H3,(H,24,25,26). The van der Waals surface area contributed by atoms with Gasteiger partial charge in [0.1, 0.15) is 12.4 Å². The topological polar surface area (TPSA) is 73.3 Å². The molecular formula is C20H17Cl2N3O3. The van der Waals surface area contributed by atoms with E-state index in [1.807, 2.05) is 12.1 Å². The maximum atomic E-state index is 12.5. The fourth-order valence-electron chi connectivity index (χ4n) is 2.27. The van der Waals surface area contributed by atoms with E-state index < -0.39 is 12.0 Å². The lowest BCUT2D eigenvalue weighted by Crippen LogP contribution is -2.30. The van der Waals surface area contributed by atoms with Gasteiger partial charge in [-0.2, -0.15) is 0 Å². The van der Waals surface area contributed by atoms with Gasteiger partial charge in [0, 0.05) is 23.6 Å². The molecule has 2 aromatic heterocycles. The number of nitrogens with one attached hydrogen (secondary N) is 1. The highest BCUT2D eigenvalue weighted by molar-refractivity contribution is 6.35. The fourth-order valence-corrected chi connectivity index (χ4v) is 2.73. The molecule has 3 rings (SSSR count). The third-order valence-electron chi connectivity index (χ3n) is 3.72. The second-order valence-corrected chi connectivity index (χ2v) is 6.66. The van der Waals surface area contributed by atoms with Gasteiger partial charge in [0.05, 0.1) is 5.02 Å². The van der Waals surface area contributed by atoms with Crippen molar-refractivity contribution in [2.45, 2.75) is 19.6 Å². The van der Waals surface area contributed by atoms with Gasteiger partial charge in [0.2, 0.25) is 0 Å². The van der Waals surface area contributed by atoms with Crippen LogP contribution in [-0.4, -0.2) is 22.0 Å². The van der Waals surface area contributed by atoms with Gasteiger partial charge < -0.3 is 14.8 Å². The number of hydrogen-bond acceptors (Lipinski definition) is 5. The highest BCUT2D eigenvalue weighted by Gasteiger charge is 2.18. The lowest BCUT2D eigenvalue weighted by Gasteiger charge is -2.17. The van der Waals surface area contributed by atoms with Crippen molar-refractivity contribution >= 4 is 34.9 Å². The van der Waals surface area contributed by atoms with Gasteiger partial charge in [-0.3, -0.25) is 9.78 Å². The molecule has 1 N–H and O–H groups in total. The van der Waals surface area contributed by atoms with Crippen molar-refractivity contribution in [2.75, 3.05) is 5.32 Å². The van der Waals surface area contributed by atoms with Crippen molar-refractivity contribution in [1.29, 1.82) is 0 Å². The minimum absolute atomic E-state index is 0.305. The second-order valence-electron chi connectivity index (χ2n) is 5.82. The Labute approximate surface area is 172 Å². The Morgan fingerprint density at radius 1 is 1.11 bits per heavy atom. The summed E-state index contributed by atoms with van der Waals surface area (Å²) in [7, 11) is 0. The van der Waals surface area contributed by atoms with Crippen molar-refractivity contribution in [3.8, 4) is 11.5 Å². The number of nitrogens with zero attached hydrogens (tertiary/aromatic N) is 2. The first-order valence-electron chi connectivity index (χ1n) is 8.42. The van der Waals surface area contributed by atoms with E-state index in [9.17, 15) is 4.79 Å². The third-order valence-corrected chi connectivity index (χ3v) is 4.25. The average Bonchev–Trinajstić information content (AvgIpc) is 2.70. The van der Waals surface area contributed by atoms with Crippen molar-refractivity contribution in [2.24, 2.45) is 0 Å². The summed E-state index contributed by atoms with van der Waals surface area (Å²) in [6.07, 6.45) is 4.13. The summed E-state index contributed by atoms with van der Waals surface area (Å²) >= 11 is 12.0. The van der Waals surface area contributed by atoms with Crippen LogP contribution in [0.1, 0.15) is 12.5 Å². The van der Waals surface area contributed by atoms with Crippen LogP contribution in [0.2, 0.25) is 10.0 Å². The summed E-state index contributed by atoms with van der Waals surface area (Å²) in [5, 5.41) is 3.53. The first-order chi connectivity index (χ1) is 13.5. The number of ether oxygens (including phenoxy) is 2. The van der Waals surface area contributed by atoms with Gasteiger partial charge in [-0.05, 0) is 55.0 Å². The maximum Gasteiger partial charge on any atom is 0.266 e. The fraction of sp³-hybridized carbons (Fsp3) is 0.150. The first kappa shape index (κ1) is 19.9. The van der Waals surface area contributed by atoms with E-state index in [-0.39, 0.29) is 0 Å². The summed E-state index contributed by atoms with van der Waals surface area (Å²) in [4.78, 5) is 20.7. The quantitative estimate of drug-likeness (QED) is 0.599. The molecular weight excluding hydrogens is 401 g/mol. The smallest absolute Gasteiger partial charge is 0.266 e.